The number of carbonyl (C=O) groups is 3. The van der Waals surface area contributed by atoms with Crippen LogP contribution in [-0.2, 0) is 4.79 Å². The van der Waals surface area contributed by atoms with Crippen LogP contribution >= 0.6 is 0 Å². The molecule has 0 saturated heterocycles. The van der Waals surface area contributed by atoms with Gasteiger partial charge in [-0.1, -0.05) is 18.2 Å². The maximum atomic E-state index is 12.0. The zero-order valence-corrected chi connectivity index (χ0v) is 14.6. The summed E-state index contributed by atoms with van der Waals surface area (Å²) in [5.74, 6) is -0.392. The Morgan fingerprint density at radius 3 is 2.26 bits per heavy atom. The van der Waals surface area contributed by atoms with Gasteiger partial charge in [0.15, 0.2) is 0 Å². The molecule has 3 rings (SSSR count). The van der Waals surface area contributed by atoms with Crippen LogP contribution in [0.1, 0.15) is 28.8 Å². The van der Waals surface area contributed by atoms with Crippen molar-refractivity contribution in [2.45, 2.75) is 18.9 Å². The lowest BCUT2D eigenvalue weighted by molar-refractivity contribution is -0.111. The van der Waals surface area contributed by atoms with Crippen LogP contribution < -0.4 is 21.7 Å². The number of hydrogen-bond acceptors (Lipinski definition) is 3. The van der Waals surface area contributed by atoms with Crippen molar-refractivity contribution in [3.05, 3.63) is 65.7 Å². The lowest BCUT2D eigenvalue weighted by atomic mass is 10.1. The highest BCUT2D eigenvalue weighted by molar-refractivity contribution is 6.02. The number of urea groups is 1. The summed E-state index contributed by atoms with van der Waals surface area (Å²) in [6.07, 6.45) is 5.14. The predicted molar refractivity (Wildman–Crippen MR) is 104 cm³/mol. The lowest BCUT2D eigenvalue weighted by Gasteiger charge is -2.06. The van der Waals surface area contributed by atoms with Crippen molar-refractivity contribution in [3.8, 4) is 0 Å². The summed E-state index contributed by atoms with van der Waals surface area (Å²) in [5.41, 5.74) is 7.49. The van der Waals surface area contributed by atoms with E-state index in [9.17, 15) is 14.4 Å². The van der Waals surface area contributed by atoms with Gasteiger partial charge in [-0.25, -0.2) is 4.79 Å². The molecule has 0 radical (unpaired) electrons. The molecule has 7 nitrogen and oxygen atoms in total. The molecule has 0 aromatic heterocycles. The summed E-state index contributed by atoms with van der Waals surface area (Å²) in [7, 11) is 0. The second-order valence-electron chi connectivity index (χ2n) is 6.26. The zero-order chi connectivity index (χ0) is 19.2. The first-order chi connectivity index (χ1) is 13.0. The Balaban J connectivity index is 1.56. The number of carbonyl (C=O) groups excluding carboxylic acids is 3. The fourth-order valence-corrected chi connectivity index (χ4v) is 2.41. The Morgan fingerprint density at radius 1 is 0.963 bits per heavy atom. The number of anilines is 2. The van der Waals surface area contributed by atoms with Crippen LogP contribution in [0.2, 0.25) is 0 Å². The number of primary amides is 1. The molecular weight excluding hydrogens is 344 g/mol. The summed E-state index contributed by atoms with van der Waals surface area (Å²) in [6, 6.07) is 13.3. The van der Waals surface area contributed by atoms with Crippen molar-refractivity contribution < 1.29 is 14.4 Å². The standard InChI is InChI=1S/C20H20N4O3/c21-20(27)24-17-3-1-2-16(12-17)22-18(25)11-6-13-4-7-14(8-5-13)19(26)23-15-9-10-15/h1-8,11-12,15H,9-10H2,(H,22,25)(H,23,26)(H3,21,24,27)/b11-6+. The van der Waals surface area contributed by atoms with E-state index in [0.29, 0.717) is 23.0 Å². The average molecular weight is 364 g/mol. The van der Waals surface area contributed by atoms with Gasteiger partial charge in [-0.15, -0.1) is 0 Å². The molecule has 1 aliphatic rings. The van der Waals surface area contributed by atoms with E-state index in [1.807, 2.05) is 0 Å². The van der Waals surface area contributed by atoms with Crippen LogP contribution in [-0.4, -0.2) is 23.9 Å². The van der Waals surface area contributed by atoms with Crippen LogP contribution in [0.3, 0.4) is 0 Å². The summed E-state index contributed by atoms with van der Waals surface area (Å²) in [6.45, 7) is 0. The number of rotatable bonds is 6. The van der Waals surface area contributed by atoms with Gasteiger partial charge < -0.3 is 21.7 Å². The summed E-state index contributed by atoms with van der Waals surface area (Å²) in [4.78, 5) is 34.9. The van der Waals surface area contributed by atoms with Crippen LogP contribution in [0, 0.1) is 0 Å². The lowest BCUT2D eigenvalue weighted by Crippen LogP contribution is -2.25. The van der Waals surface area contributed by atoms with Gasteiger partial charge in [-0.2, -0.15) is 0 Å². The van der Waals surface area contributed by atoms with Gasteiger partial charge in [0.1, 0.15) is 0 Å². The van der Waals surface area contributed by atoms with Gasteiger partial charge in [0.05, 0.1) is 0 Å². The third-order valence-corrected chi connectivity index (χ3v) is 3.91. The smallest absolute Gasteiger partial charge is 0.316 e. The van der Waals surface area contributed by atoms with Crippen molar-refractivity contribution >= 4 is 35.3 Å². The van der Waals surface area contributed by atoms with Gasteiger partial charge in [-0.3, -0.25) is 9.59 Å². The zero-order valence-electron chi connectivity index (χ0n) is 14.6. The fourth-order valence-electron chi connectivity index (χ4n) is 2.41. The van der Waals surface area contributed by atoms with Crippen molar-refractivity contribution in [3.63, 3.8) is 0 Å². The monoisotopic (exact) mass is 364 g/mol. The number of benzene rings is 2. The SMILES string of the molecule is NC(=O)Nc1cccc(NC(=O)/C=C/c2ccc(C(=O)NC3CC3)cc2)c1. The van der Waals surface area contributed by atoms with E-state index in [1.54, 1.807) is 54.6 Å². The van der Waals surface area contributed by atoms with Crippen LogP contribution in [0.5, 0.6) is 0 Å². The predicted octanol–water partition coefficient (Wildman–Crippen LogP) is 2.72. The maximum absolute atomic E-state index is 12.0. The molecule has 0 aliphatic heterocycles. The molecule has 0 unspecified atom stereocenters. The van der Waals surface area contributed by atoms with Gasteiger partial charge >= 0.3 is 6.03 Å². The van der Waals surface area contributed by atoms with E-state index < -0.39 is 6.03 Å². The third kappa shape index (κ3) is 5.71. The van der Waals surface area contributed by atoms with Gasteiger partial charge in [0.25, 0.3) is 5.91 Å². The summed E-state index contributed by atoms with van der Waals surface area (Å²) in [5, 5.41) is 8.07. The molecule has 2 aromatic carbocycles. The molecule has 4 amide bonds. The summed E-state index contributed by atoms with van der Waals surface area (Å²) < 4.78 is 0. The molecule has 1 fully saturated rings. The molecule has 7 heteroatoms. The normalized spacial score (nSPS) is 13.2. The van der Waals surface area contributed by atoms with Gasteiger partial charge in [0.2, 0.25) is 5.91 Å². The quantitative estimate of drug-likeness (QED) is 0.591. The van der Waals surface area contributed by atoms with Crippen LogP contribution in [0.15, 0.2) is 54.6 Å². The Labute approximate surface area is 156 Å². The highest BCUT2D eigenvalue weighted by Gasteiger charge is 2.23. The number of hydrogen-bond donors (Lipinski definition) is 4. The van der Waals surface area contributed by atoms with Crippen LogP contribution in [0.25, 0.3) is 6.08 Å². The molecule has 5 N–H and O–H groups in total. The highest BCUT2D eigenvalue weighted by atomic mass is 16.2. The Bertz CT molecular complexity index is 886. The molecule has 0 spiro atoms. The first-order valence-electron chi connectivity index (χ1n) is 8.56. The molecule has 2 aromatic rings. The minimum absolute atomic E-state index is 0.0739. The van der Waals surface area contributed by atoms with E-state index in [-0.39, 0.29) is 11.8 Å². The topological polar surface area (TPSA) is 113 Å². The Kier molecular flexibility index (Phi) is 5.51. The molecule has 0 atom stereocenters. The largest absolute Gasteiger partial charge is 0.351 e. The van der Waals surface area contributed by atoms with Crippen molar-refractivity contribution in [1.29, 1.82) is 0 Å². The van der Waals surface area contributed by atoms with Gasteiger partial charge in [0, 0.05) is 29.1 Å². The van der Waals surface area contributed by atoms with Crippen molar-refractivity contribution in [2.24, 2.45) is 5.73 Å². The van der Waals surface area contributed by atoms with Crippen molar-refractivity contribution in [1.82, 2.24) is 5.32 Å². The molecule has 1 aliphatic carbocycles. The van der Waals surface area contributed by atoms with Crippen LogP contribution in [0.4, 0.5) is 16.2 Å². The number of nitrogens with two attached hydrogens (primary N) is 1. The minimum Gasteiger partial charge on any atom is -0.351 e. The molecule has 1 saturated carbocycles. The first kappa shape index (κ1) is 18.2. The van der Waals surface area contributed by atoms with Gasteiger partial charge in [-0.05, 0) is 54.8 Å². The molecule has 0 bridgehead atoms. The van der Waals surface area contributed by atoms with E-state index >= 15 is 0 Å². The summed E-state index contributed by atoms with van der Waals surface area (Å²) >= 11 is 0. The van der Waals surface area contributed by atoms with E-state index in [2.05, 4.69) is 16.0 Å². The highest BCUT2D eigenvalue weighted by Crippen LogP contribution is 2.19. The Hall–Kier alpha value is -3.61. The number of amides is 4. The second-order valence-corrected chi connectivity index (χ2v) is 6.26. The maximum Gasteiger partial charge on any atom is 0.316 e. The van der Waals surface area contributed by atoms with Crippen molar-refractivity contribution in [2.75, 3.05) is 10.6 Å². The molecule has 138 valence electrons. The minimum atomic E-state index is -0.673. The van der Waals surface area contributed by atoms with E-state index in [4.69, 9.17) is 5.73 Å². The molecular formula is C20H20N4O3. The fraction of sp³-hybridized carbons (Fsp3) is 0.150. The molecule has 27 heavy (non-hydrogen) atoms. The second kappa shape index (κ2) is 8.18. The third-order valence-electron chi connectivity index (χ3n) is 3.91. The number of nitrogens with one attached hydrogen (secondary N) is 3. The van der Waals surface area contributed by atoms with E-state index in [0.717, 1.165) is 18.4 Å². The average Bonchev–Trinajstić information content (AvgIpc) is 3.44. The Morgan fingerprint density at radius 2 is 1.63 bits per heavy atom. The molecule has 0 heterocycles. The first-order valence-corrected chi connectivity index (χ1v) is 8.56. The van der Waals surface area contributed by atoms with E-state index in [1.165, 1.54) is 6.08 Å².